The van der Waals surface area contributed by atoms with Crippen LogP contribution in [0.4, 0.5) is 0 Å². The number of carbonyl (C=O) groups is 1. The zero-order chi connectivity index (χ0) is 11.5. The third kappa shape index (κ3) is 2.78. The van der Waals surface area contributed by atoms with E-state index in [-0.39, 0.29) is 11.9 Å². The number of aliphatic hydroxyl groups is 1. The second-order valence-corrected chi connectivity index (χ2v) is 5.23. The molecule has 0 spiro atoms. The first kappa shape index (κ1) is 11.5. The smallest absolute Gasteiger partial charge is 0.237 e. The van der Waals surface area contributed by atoms with Crippen molar-refractivity contribution >= 4 is 17.2 Å². The first-order valence-electron chi connectivity index (χ1n) is 5.25. The minimum atomic E-state index is -0.401. The summed E-state index contributed by atoms with van der Waals surface area (Å²) >= 11 is 1.58. The van der Waals surface area contributed by atoms with Crippen molar-refractivity contribution < 1.29 is 9.90 Å². The van der Waals surface area contributed by atoms with E-state index in [1.54, 1.807) is 17.5 Å². The number of hydrogen-bond acceptors (Lipinski definition) is 5. The third-order valence-electron chi connectivity index (χ3n) is 2.53. The highest BCUT2D eigenvalue weighted by atomic mass is 32.1. The van der Waals surface area contributed by atoms with Crippen LogP contribution < -0.4 is 10.6 Å². The van der Waals surface area contributed by atoms with E-state index in [0.29, 0.717) is 19.5 Å². The second-order valence-electron chi connectivity index (χ2n) is 3.91. The number of amides is 1. The van der Waals surface area contributed by atoms with Crippen LogP contribution >= 0.6 is 11.3 Å². The van der Waals surface area contributed by atoms with Gasteiger partial charge in [0, 0.05) is 17.6 Å². The van der Waals surface area contributed by atoms with E-state index in [1.165, 1.54) is 0 Å². The Bertz CT molecular complexity index is 380. The third-order valence-corrected chi connectivity index (χ3v) is 3.44. The van der Waals surface area contributed by atoms with Gasteiger partial charge in [0.15, 0.2) is 0 Å². The molecule has 6 heteroatoms. The molecule has 3 N–H and O–H groups in total. The minimum absolute atomic E-state index is 0.0531. The highest BCUT2D eigenvalue weighted by Gasteiger charge is 2.27. The van der Waals surface area contributed by atoms with Gasteiger partial charge in [-0.2, -0.15) is 0 Å². The summed E-state index contributed by atoms with van der Waals surface area (Å²) in [7, 11) is 0. The zero-order valence-corrected chi connectivity index (χ0v) is 9.88. The molecule has 2 unspecified atom stereocenters. The minimum Gasteiger partial charge on any atom is -0.392 e. The van der Waals surface area contributed by atoms with Gasteiger partial charge in [0.05, 0.1) is 23.7 Å². The van der Waals surface area contributed by atoms with Gasteiger partial charge in [-0.15, -0.1) is 11.3 Å². The quantitative estimate of drug-likeness (QED) is 0.684. The Morgan fingerprint density at radius 3 is 3.19 bits per heavy atom. The Labute approximate surface area is 97.9 Å². The Morgan fingerprint density at radius 2 is 2.62 bits per heavy atom. The van der Waals surface area contributed by atoms with E-state index in [1.807, 2.05) is 6.92 Å². The molecule has 5 nitrogen and oxygen atoms in total. The van der Waals surface area contributed by atoms with Gasteiger partial charge in [-0.1, -0.05) is 0 Å². The number of carbonyl (C=O) groups excluding carboxylic acids is 1. The largest absolute Gasteiger partial charge is 0.392 e. The molecule has 0 saturated carbocycles. The lowest BCUT2D eigenvalue weighted by molar-refractivity contribution is -0.123. The molecule has 1 fully saturated rings. The maximum Gasteiger partial charge on any atom is 0.237 e. The second kappa shape index (κ2) is 4.90. The van der Waals surface area contributed by atoms with Crippen LogP contribution in [0.15, 0.2) is 6.20 Å². The fraction of sp³-hybridized carbons (Fsp3) is 0.600. The summed E-state index contributed by atoms with van der Waals surface area (Å²) in [5, 5.41) is 16.1. The SMILES string of the molecule is Cc1ncc(CNC(=O)C2CC(O)CN2)s1. The number of aliphatic hydroxyl groups excluding tert-OH is 1. The Balaban J connectivity index is 1.80. The molecule has 1 aromatic rings. The van der Waals surface area contributed by atoms with E-state index in [2.05, 4.69) is 15.6 Å². The van der Waals surface area contributed by atoms with Gasteiger partial charge in [-0.05, 0) is 13.3 Å². The van der Waals surface area contributed by atoms with E-state index >= 15 is 0 Å². The fourth-order valence-corrected chi connectivity index (χ4v) is 2.44. The van der Waals surface area contributed by atoms with Gasteiger partial charge in [0.1, 0.15) is 0 Å². The van der Waals surface area contributed by atoms with Crippen LogP contribution in [0.3, 0.4) is 0 Å². The monoisotopic (exact) mass is 241 g/mol. The van der Waals surface area contributed by atoms with E-state index in [4.69, 9.17) is 0 Å². The number of thiazole rings is 1. The molecule has 0 radical (unpaired) electrons. The summed E-state index contributed by atoms with van der Waals surface area (Å²) in [6.07, 6.45) is 1.87. The molecular formula is C10H15N3O2S. The van der Waals surface area contributed by atoms with Crippen LogP contribution in [0, 0.1) is 6.92 Å². The van der Waals surface area contributed by atoms with Crippen molar-refractivity contribution in [3.8, 4) is 0 Å². The van der Waals surface area contributed by atoms with E-state index in [9.17, 15) is 9.90 Å². The molecule has 0 bridgehead atoms. The summed E-state index contributed by atoms with van der Waals surface area (Å²) in [5.74, 6) is -0.0531. The number of nitrogens with one attached hydrogen (secondary N) is 2. The van der Waals surface area contributed by atoms with Crippen molar-refractivity contribution in [1.82, 2.24) is 15.6 Å². The van der Waals surface area contributed by atoms with Crippen LogP contribution in [-0.4, -0.2) is 34.7 Å². The first-order valence-corrected chi connectivity index (χ1v) is 6.07. The van der Waals surface area contributed by atoms with Crippen LogP contribution in [-0.2, 0) is 11.3 Å². The van der Waals surface area contributed by atoms with Crippen molar-refractivity contribution in [2.75, 3.05) is 6.54 Å². The summed E-state index contributed by atoms with van der Waals surface area (Å²) in [6, 6.07) is -0.260. The molecule has 2 atom stereocenters. The predicted molar refractivity (Wildman–Crippen MR) is 61.1 cm³/mol. The molecule has 1 amide bonds. The molecule has 2 heterocycles. The molecule has 88 valence electrons. The molecule has 1 aliphatic heterocycles. The number of rotatable bonds is 3. The van der Waals surface area contributed by atoms with Gasteiger partial charge in [0.2, 0.25) is 5.91 Å². The Hall–Kier alpha value is -0.980. The predicted octanol–water partition coefficient (Wildman–Crippen LogP) is -0.209. The highest BCUT2D eigenvalue weighted by Crippen LogP contribution is 2.11. The summed E-state index contributed by atoms with van der Waals surface area (Å²) in [6.45, 7) is 2.95. The van der Waals surface area contributed by atoms with Gasteiger partial charge < -0.3 is 15.7 Å². The normalized spacial score (nSPS) is 24.6. The summed E-state index contributed by atoms with van der Waals surface area (Å²) < 4.78 is 0. The van der Waals surface area contributed by atoms with Crippen molar-refractivity contribution in [1.29, 1.82) is 0 Å². The standard InChI is InChI=1S/C10H15N3O2S/c1-6-11-4-8(16-6)5-13-10(15)9-2-7(14)3-12-9/h4,7,9,12,14H,2-3,5H2,1H3,(H,13,15). The van der Waals surface area contributed by atoms with E-state index in [0.717, 1.165) is 9.88 Å². The molecule has 1 saturated heterocycles. The molecule has 0 aromatic carbocycles. The van der Waals surface area contributed by atoms with E-state index < -0.39 is 6.10 Å². The average molecular weight is 241 g/mol. The molecule has 16 heavy (non-hydrogen) atoms. The van der Waals surface area contributed by atoms with Gasteiger partial charge in [0.25, 0.3) is 0 Å². The topological polar surface area (TPSA) is 74.2 Å². The molecular weight excluding hydrogens is 226 g/mol. The fourth-order valence-electron chi connectivity index (χ4n) is 1.70. The van der Waals surface area contributed by atoms with Crippen LogP contribution in [0.1, 0.15) is 16.3 Å². The first-order chi connectivity index (χ1) is 7.65. The number of aromatic nitrogens is 1. The van der Waals surface area contributed by atoms with Crippen molar-refractivity contribution in [3.05, 3.63) is 16.1 Å². The number of hydrogen-bond donors (Lipinski definition) is 3. The van der Waals surface area contributed by atoms with Gasteiger partial charge in [-0.3, -0.25) is 4.79 Å². The maximum absolute atomic E-state index is 11.7. The average Bonchev–Trinajstić information content (AvgIpc) is 2.84. The molecule has 1 aromatic heterocycles. The molecule has 2 rings (SSSR count). The number of nitrogens with zero attached hydrogens (tertiary/aromatic N) is 1. The Morgan fingerprint density at radius 1 is 1.81 bits per heavy atom. The van der Waals surface area contributed by atoms with Crippen LogP contribution in [0.25, 0.3) is 0 Å². The molecule has 0 aliphatic carbocycles. The van der Waals surface area contributed by atoms with Gasteiger partial charge in [-0.25, -0.2) is 4.98 Å². The lowest BCUT2D eigenvalue weighted by atomic mass is 10.2. The zero-order valence-electron chi connectivity index (χ0n) is 9.06. The maximum atomic E-state index is 11.7. The highest BCUT2D eigenvalue weighted by molar-refractivity contribution is 7.11. The Kier molecular flexibility index (Phi) is 3.52. The van der Waals surface area contributed by atoms with Gasteiger partial charge >= 0.3 is 0 Å². The van der Waals surface area contributed by atoms with Crippen LogP contribution in [0.5, 0.6) is 0 Å². The molecule has 1 aliphatic rings. The summed E-state index contributed by atoms with van der Waals surface area (Å²) in [4.78, 5) is 16.8. The number of aryl methyl sites for hydroxylation is 1. The number of β-amino-alcohol motifs (C(OH)–C–C–N with tert-alkyl or cyclic N) is 1. The lowest BCUT2D eigenvalue weighted by Gasteiger charge is -2.09. The van der Waals surface area contributed by atoms with Crippen molar-refractivity contribution in [3.63, 3.8) is 0 Å². The summed E-state index contributed by atoms with van der Waals surface area (Å²) in [5.41, 5.74) is 0. The van der Waals surface area contributed by atoms with Crippen molar-refractivity contribution in [2.24, 2.45) is 0 Å². The van der Waals surface area contributed by atoms with Crippen LogP contribution in [0.2, 0.25) is 0 Å². The van der Waals surface area contributed by atoms with Crippen molar-refractivity contribution in [2.45, 2.75) is 32.0 Å². The lowest BCUT2D eigenvalue weighted by Crippen LogP contribution is -2.39.